The molecule has 5 heteroatoms. The van der Waals surface area contributed by atoms with Gasteiger partial charge in [0.1, 0.15) is 5.82 Å². The van der Waals surface area contributed by atoms with Crippen LogP contribution >= 0.6 is 35.0 Å². The maximum atomic E-state index is 6.18. The van der Waals surface area contributed by atoms with Gasteiger partial charge >= 0.3 is 0 Å². The molecule has 0 spiro atoms. The van der Waals surface area contributed by atoms with Crippen LogP contribution in [0.5, 0.6) is 0 Å². The van der Waals surface area contributed by atoms with Gasteiger partial charge in [-0.15, -0.1) is 0 Å². The number of rotatable bonds is 6. The van der Waals surface area contributed by atoms with E-state index in [2.05, 4.69) is 10.3 Å². The molecule has 0 aliphatic carbocycles. The molecule has 1 aromatic heterocycles. The number of aromatic nitrogens is 1. The van der Waals surface area contributed by atoms with Crippen LogP contribution in [0.15, 0.2) is 36.4 Å². The number of nitrogens with one attached hydrogen (secondary N) is 1. The third-order valence-electron chi connectivity index (χ3n) is 2.70. The van der Waals surface area contributed by atoms with Gasteiger partial charge in [0.25, 0.3) is 0 Å². The van der Waals surface area contributed by atoms with Crippen LogP contribution in [-0.2, 0) is 11.5 Å². The number of nitrogens with zero attached hydrogens (tertiary/aromatic N) is 1. The van der Waals surface area contributed by atoms with Crippen LogP contribution in [0.3, 0.4) is 0 Å². The molecule has 106 valence electrons. The lowest BCUT2D eigenvalue weighted by Gasteiger charge is -2.07. The lowest BCUT2D eigenvalue weighted by molar-refractivity contribution is 1.11. The van der Waals surface area contributed by atoms with Crippen molar-refractivity contribution >= 4 is 40.8 Å². The molecule has 1 N–H and O–H groups in total. The fraction of sp³-hybridized carbons (Fsp3) is 0.267. The van der Waals surface area contributed by atoms with Crippen LogP contribution < -0.4 is 5.32 Å². The second kappa shape index (κ2) is 7.77. The Morgan fingerprint density at radius 2 is 1.80 bits per heavy atom. The molecule has 0 unspecified atom stereocenters. The van der Waals surface area contributed by atoms with Crippen molar-refractivity contribution < 1.29 is 0 Å². The van der Waals surface area contributed by atoms with Gasteiger partial charge in [-0.1, -0.05) is 35.3 Å². The van der Waals surface area contributed by atoms with E-state index in [0.717, 1.165) is 39.6 Å². The summed E-state index contributed by atoms with van der Waals surface area (Å²) < 4.78 is 0. The standard InChI is InChI=1S/C15H16Cl2N2S/c1-2-18-15-8-7-13(17)14(19-15)10-20-9-11-3-5-12(16)6-4-11/h3-8H,2,9-10H2,1H3,(H,18,19). The molecule has 0 aliphatic rings. The van der Waals surface area contributed by atoms with E-state index in [4.69, 9.17) is 23.2 Å². The molecule has 20 heavy (non-hydrogen) atoms. The van der Waals surface area contributed by atoms with Crippen LogP contribution in [0.4, 0.5) is 5.82 Å². The molecule has 2 rings (SSSR count). The van der Waals surface area contributed by atoms with Gasteiger partial charge in [0.05, 0.1) is 10.7 Å². The fourth-order valence-corrected chi connectivity index (χ4v) is 3.03. The van der Waals surface area contributed by atoms with Crippen LogP contribution in [0.25, 0.3) is 0 Å². The maximum Gasteiger partial charge on any atom is 0.126 e. The van der Waals surface area contributed by atoms with Gasteiger partial charge in [0.2, 0.25) is 0 Å². The summed E-state index contributed by atoms with van der Waals surface area (Å²) in [6.45, 7) is 2.90. The predicted octanol–water partition coefficient (Wildman–Crippen LogP) is 5.25. The van der Waals surface area contributed by atoms with E-state index < -0.39 is 0 Å². The molecule has 0 radical (unpaired) electrons. The molecule has 2 aromatic rings. The molecule has 0 fully saturated rings. The summed E-state index contributed by atoms with van der Waals surface area (Å²) in [5.74, 6) is 2.58. The average Bonchev–Trinajstić information content (AvgIpc) is 2.45. The molecule has 2 nitrogen and oxygen atoms in total. The summed E-state index contributed by atoms with van der Waals surface area (Å²) in [5.41, 5.74) is 2.17. The summed E-state index contributed by atoms with van der Waals surface area (Å²) in [4.78, 5) is 4.52. The number of benzene rings is 1. The molecule has 0 atom stereocenters. The van der Waals surface area contributed by atoms with Crippen LogP contribution in [0.1, 0.15) is 18.2 Å². The van der Waals surface area contributed by atoms with Gasteiger partial charge in [-0.2, -0.15) is 11.8 Å². The fourth-order valence-electron chi connectivity index (χ4n) is 1.71. The summed E-state index contributed by atoms with van der Waals surface area (Å²) >= 11 is 13.8. The first-order valence-electron chi connectivity index (χ1n) is 6.40. The Hall–Kier alpha value is -0.900. The third kappa shape index (κ3) is 4.58. The van der Waals surface area contributed by atoms with Gasteiger partial charge in [0.15, 0.2) is 0 Å². The molecular formula is C15H16Cl2N2S. The molecule has 0 aliphatic heterocycles. The average molecular weight is 327 g/mol. The van der Waals surface area contributed by atoms with Crippen LogP contribution in [0.2, 0.25) is 10.0 Å². The van der Waals surface area contributed by atoms with Gasteiger partial charge in [-0.3, -0.25) is 0 Å². The van der Waals surface area contributed by atoms with E-state index in [-0.39, 0.29) is 0 Å². The highest BCUT2D eigenvalue weighted by Crippen LogP contribution is 2.24. The third-order valence-corrected chi connectivity index (χ3v) is 4.31. The Morgan fingerprint density at radius 3 is 2.50 bits per heavy atom. The second-order valence-electron chi connectivity index (χ2n) is 4.27. The normalized spacial score (nSPS) is 10.6. The van der Waals surface area contributed by atoms with Crippen LogP contribution in [0, 0.1) is 0 Å². The highest BCUT2D eigenvalue weighted by molar-refractivity contribution is 7.97. The largest absolute Gasteiger partial charge is 0.370 e. The SMILES string of the molecule is CCNc1ccc(Cl)c(CSCc2ccc(Cl)cc2)n1. The highest BCUT2D eigenvalue weighted by Gasteiger charge is 2.04. The van der Waals surface area contributed by atoms with Crippen molar-refractivity contribution in [2.75, 3.05) is 11.9 Å². The first kappa shape index (κ1) is 15.5. The lowest BCUT2D eigenvalue weighted by atomic mass is 10.2. The van der Waals surface area contributed by atoms with E-state index in [1.807, 2.05) is 43.3 Å². The first-order valence-corrected chi connectivity index (χ1v) is 8.31. The molecule has 0 saturated carbocycles. The smallest absolute Gasteiger partial charge is 0.126 e. The Labute approximate surface area is 133 Å². The number of anilines is 1. The molecule has 1 heterocycles. The zero-order valence-electron chi connectivity index (χ0n) is 11.2. The number of thioether (sulfide) groups is 1. The molecule has 0 saturated heterocycles. The first-order chi connectivity index (χ1) is 9.69. The van der Waals surface area contributed by atoms with E-state index in [1.54, 1.807) is 11.8 Å². The van der Waals surface area contributed by atoms with Crippen LogP contribution in [-0.4, -0.2) is 11.5 Å². The predicted molar refractivity (Wildman–Crippen MR) is 89.9 cm³/mol. The summed E-state index contributed by atoms with van der Waals surface area (Å²) in [5, 5.41) is 4.68. The quantitative estimate of drug-likeness (QED) is 0.784. The second-order valence-corrected chi connectivity index (χ2v) is 6.10. The van der Waals surface area contributed by atoms with Gasteiger partial charge in [-0.05, 0) is 36.8 Å². The van der Waals surface area contributed by atoms with Gasteiger partial charge in [-0.25, -0.2) is 4.98 Å². The number of hydrogen-bond donors (Lipinski definition) is 1. The summed E-state index contributed by atoms with van der Waals surface area (Å²) in [6, 6.07) is 11.7. The van der Waals surface area contributed by atoms with Crippen molar-refractivity contribution in [3.05, 3.63) is 57.7 Å². The highest BCUT2D eigenvalue weighted by atomic mass is 35.5. The van der Waals surface area contributed by atoms with Crippen molar-refractivity contribution in [2.45, 2.75) is 18.4 Å². The van der Waals surface area contributed by atoms with E-state index in [0.29, 0.717) is 0 Å². The van der Waals surface area contributed by atoms with E-state index in [9.17, 15) is 0 Å². The molecule has 0 bridgehead atoms. The van der Waals surface area contributed by atoms with Crippen molar-refractivity contribution in [1.82, 2.24) is 4.98 Å². The Morgan fingerprint density at radius 1 is 1.05 bits per heavy atom. The van der Waals surface area contributed by atoms with Crippen molar-refractivity contribution in [3.8, 4) is 0 Å². The number of pyridine rings is 1. The zero-order valence-corrected chi connectivity index (χ0v) is 13.5. The zero-order chi connectivity index (χ0) is 14.4. The molecular weight excluding hydrogens is 311 g/mol. The maximum absolute atomic E-state index is 6.18. The minimum atomic E-state index is 0.718. The van der Waals surface area contributed by atoms with Crippen molar-refractivity contribution in [1.29, 1.82) is 0 Å². The lowest BCUT2D eigenvalue weighted by Crippen LogP contribution is -2.01. The minimum absolute atomic E-state index is 0.718. The topological polar surface area (TPSA) is 24.9 Å². The molecule has 0 amide bonds. The van der Waals surface area contributed by atoms with E-state index >= 15 is 0 Å². The van der Waals surface area contributed by atoms with Crippen molar-refractivity contribution in [2.24, 2.45) is 0 Å². The Balaban J connectivity index is 1.93. The monoisotopic (exact) mass is 326 g/mol. The van der Waals surface area contributed by atoms with E-state index in [1.165, 1.54) is 5.56 Å². The van der Waals surface area contributed by atoms with Gasteiger partial charge < -0.3 is 5.32 Å². The Bertz CT molecular complexity index is 558. The van der Waals surface area contributed by atoms with Crippen molar-refractivity contribution in [3.63, 3.8) is 0 Å². The number of halogens is 2. The summed E-state index contributed by atoms with van der Waals surface area (Å²) in [7, 11) is 0. The minimum Gasteiger partial charge on any atom is -0.370 e. The Kier molecular flexibility index (Phi) is 6.02. The molecule has 1 aromatic carbocycles. The number of hydrogen-bond acceptors (Lipinski definition) is 3. The van der Waals surface area contributed by atoms with Gasteiger partial charge in [0, 0.05) is 23.1 Å². The summed E-state index contributed by atoms with van der Waals surface area (Å²) in [6.07, 6.45) is 0.